The van der Waals surface area contributed by atoms with Crippen molar-refractivity contribution < 1.29 is 5.11 Å². The monoisotopic (exact) mass is 203 g/mol. The van der Waals surface area contributed by atoms with Crippen LogP contribution in [0.5, 0.6) is 0 Å². The maximum Gasteiger partial charge on any atom is 0.105 e. The van der Waals surface area contributed by atoms with Crippen LogP contribution in [-0.4, -0.2) is 17.7 Å². The van der Waals surface area contributed by atoms with Crippen molar-refractivity contribution in [2.75, 3.05) is 6.54 Å². The van der Waals surface area contributed by atoms with Crippen LogP contribution in [0.4, 0.5) is 0 Å². The topological polar surface area (TPSA) is 32.3 Å². The minimum Gasteiger partial charge on any atom is -0.384 e. The molecule has 1 saturated heterocycles. The van der Waals surface area contributed by atoms with E-state index in [0.29, 0.717) is 0 Å². The van der Waals surface area contributed by atoms with E-state index in [4.69, 9.17) is 0 Å². The lowest BCUT2D eigenvalue weighted by atomic mass is 9.87. The predicted molar refractivity (Wildman–Crippen MR) is 59.7 cm³/mol. The fourth-order valence-electron chi connectivity index (χ4n) is 3.07. The number of rotatable bonds is 1. The lowest BCUT2D eigenvalue weighted by molar-refractivity contribution is 0.00461. The average Bonchev–Trinajstić information content (AvgIpc) is 2.88. The first-order chi connectivity index (χ1) is 7.31. The summed E-state index contributed by atoms with van der Waals surface area (Å²) < 4.78 is 0. The molecule has 1 heterocycles. The number of nitrogens with one attached hydrogen (secondary N) is 1. The van der Waals surface area contributed by atoms with Crippen LogP contribution in [0.15, 0.2) is 24.3 Å². The highest BCUT2D eigenvalue weighted by molar-refractivity contribution is 5.38. The van der Waals surface area contributed by atoms with Crippen LogP contribution in [0.3, 0.4) is 0 Å². The number of fused-ring (bicyclic) bond motifs is 1. The molecule has 1 aliphatic heterocycles. The first-order valence-electron chi connectivity index (χ1n) is 5.85. The summed E-state index contributed by atoms with van der Waals surface area (Å²) in [4.78, 5) is 0. The molecule has 15 heavy (non-hydrogen) atoms. The molecule has 0 spiro atoms. The zero-order chi connectivity index (χ0) is 10.3. The Labute approximate surface area is 90.3 Å². The summed E-state index contributed by atoms with van der Waals surface area (Å²) in [5.41, 5.74) is 1.88. The molecule has 0 unspecified atom stereocenters. The molecule has 80 valence electrons. The Morgan fingerprint density at radius 1 is 1.33 bits per heavy atom. The quantitative estimate of drug-likeness (QED) is 0.726. The van der Waals surface area contributed by atoms with Gasteiger partial charge in [-0.15, -0.1) is 0 Å². The predicted octanol–water partition coefficient (Wildman–Crippen LogP) is 1.57. The maximum atomic E-state index is 10.8. The van der Waals surface area contributed by atoms with Gasteiger partial charge in [-0.1, -0.05) is 24.3 Å². The molecular formula is C13H17NO. The molecule has 2 nitrogen and oxygen atoms in total. The number of aryl methyl sites for hydroxylation is 1. The highest BCUT2D eigenvalue weighted by Crippen LogP contribution is 2.41. The van der Waals surface area contributed by atoms with Gasteiger partial charge in [0.2, 0.25) is 0 Å². The minimum absolute atomic E-state index is 0.265. The first-order valence-corrected chi connectivity index (χ1v) is 5.85. The van der Waals surface area contributed by atoms with Gasteiger partial charge in [0, 0.05) is 6.04 Å². The van der Waals surface area contributed by atoms with Gasteiger partial charge in [0.05, 0.1) is 0 Å². The largest absolute Gasteiger partial charge is 0.384 e. The second-order valence-electron chi connectivity index (χ2n) is 4.73. The lowest BCUT2D eigenvalue weighted by Crippen LogP contribution is -2.43. The standard InChI is InChI=1S/C13H17NO/c15-13(12-6-3-9-14-12)8-7-10-4-1-2-5-11(10)13/h1-2,4-5,12,14-15H,3,6-9H2/t12-,13+/m0/s1. The highest BCUT2D eigenvalue weighted by atomic mass is 16.3. The van der Waals surface area contributed by atoms with Crippen LogP contribution in [0, 0.1) is 0 Å². The van der Waals surface area contributed by atoms with Crippen molar-refractivity contribution >= 4 is 0 Å². The molecule has 1 aromatic rings. The van der Waals surface area contributed by atoms with Crippen molar-refractivity contribution in [2.24, 2.45) is 0 Å². The molecule has 3 rings (SSSR count). The van der Waals surface area contributed by atoms with Gasteiger partial charge in [-0.3, -0.25) is 0 Å². The summed E-state index contributed by atoms with van der Waals surface area (Å²) >= 11 is 0. The number of hydrogen-bond donors (Lipinski definition) is 2. The molecule has 2 N–H and O–H groups in total. The summed E-state index contributed by atoms with van der Waals surface area (Å²) in [6.07, 6.45) is 4.19. The van der Waals surface area contributed by atoms with Crippen molar-refractivity contribution in [3.05, 3.63) is 35.4 Å². The summed E-state index contributed by atoms with van der Waals surface area (Å²) in [6.45, 7) is 1.05. The molecule has 2 atom stereocenters. The van der Waals surface area contributed by atoms with E-state index in [0.717, 1.165) is 31.4 Å². The summed E-state index contributed by atoms with van der Waals surface area (Å²) in [6, 6.07) is 8.59. The maximum absolute atomic E-state index is 10.8. The van der Waals surface area contributed by atoms with E-state index in [1.807, 2.05) is 6.07 Å². The molecule has 1 fully saturated rings. The third-order valence-electron chi connectivity index (χ3n) is 3.90. The van der Waals surface area contributed by atoms with Crippen LogP contribution in [0.1, 0.15) is 30.4 Å². The van der Waals surface area contributed by atoms with Crippen LogP contribution < -0.4 is 5.32 Å². The van der Waals surface area contributed by atoms with E-state index < -0.39 is 5.60 Å². The van der Waals surface area contributed by atoms with Crippen LogP contribution in [-0.2, 0) is 12.0 Å². The van der Waals surface area contributed by atoms with E-state index in [1.165, 1.54) is 12.0 Å². The third-order valence-corrected chi connectivity index (χ3v) is 3.90. The Kier molecular flexibility index (Phi) is 2.08. The molecule has 1 aliphatic carbocycles. The Morgan fingerprint density at radius 3 is 3.00 bits per heavy atom. The number of aliphatic hydroxyl groups is 1. The van der Waals surface area contributed by atoms with Crippen LogP contribution in [0.25, 0.3) is 0 Å². The number of benzene rings is 1. The van der Waals surface area contributed by atoms with Gasteiger partial charge in [-0.25, -0.2) is 0 Å². The second kappa shape index (κ2) is 3.32. The number of hydrogen-bond acceptors (Lipinski definition) is 2. The summed E-state index contributed by atoms with van der Waals surface area (Å²) in [5, 5.41) is 14.2. The van der Waals surface area contributed by atoms with Gasteiger partial charge in [0.25, 0.3) is 0 Å². The van der Waals surface area contributed by atoms with E-state index in [-0.39, 0.29) is 6.04 Å². The molecular weight excluding hydrogens is 186 g/mol. The molecule has 2 aliphatic rings. The summed E-state index contributed by atoms with van der Waals surface area (Å²) in [5.74, 6) is 0. The average molecular weight is 203 g/mol. The van der Waals surface area contributed by atoms with E-state index in [2.05, 4.69) is 23.5 Å². The van der Waals surface area contributed by atoms with Gasteiger partial charge in [-0.05, 0) is 43.4 Å². The Hall–Kier alpha value is -0.860. The van der Waals surface area contributed by atoms with Gasteiger partial charge < -0.3 is 10.4 Å². The third kappa shape index (κ3) is 1.32. The molecule has 2 heteroatoms. The first kappa shape index (κ1) is 9.37. The van der Waals surface area contributed by atoms with Crippen LogP contribution >= 0.6 is 0 Å². The van der Waals surface area contributed by atoms with Crippen molar-refractivity contribution in [3.63, 3.8) is 0 Å². The molecule has 0 amide bonds. The molecule has 0 radical (unpaired) electrons. The summed E-state index contributed by atoms with van der Waals surface area (Å²) in [7, 11) is 0. The molecule has 0 bridgehead atoms. The van der Waals surface area contributed by atoms with E-state index in [9.17, 15) is 5.11 Å². The van der Waals surface area contributed by atoms with E-state index in [1.54, 1.807) is 0 Å². The Balaban J connectivity index is 2.00. The molecule has 0 saturated carbocycles. The molecule has 1 aromatic carbocycles. The zero-order valence-corrected chi connectivity index (χ0v) is 8.87. The Bertz CT molecular complexity index is 371. The van der Waals surface area contributed by atoms with Gasteiger partial charge in [0.1, 0.15) is 5.60 Å². The van der Waals surface area contributed by atoms with Crippen molar-refractivity contribution in [1.29, 1.82) is 0 Å². The second-order valence-corrected chi connectivity index (χ2v) is 4.73. The van der Waals surface area contributed by atoms with E-state index >= 15 is 0 Å². The fourth-order valence-corrected chi connectivity index (χ4v) is 3.07. The van der Waals surface area contributed by atoms with Crippen molar-refractivity contribution in [1.82, 2.24) is 5.32 Å². The smallest absolute Gasteiger partial charge is 0.105 e. The minimum atomic E-state index is -0.604. The SMILES string of the molecule is O[C@]1([C@@H]2CCCN2)CCc2ccccc21. The van der Waals surface area contributed by atoms with Crippen molar-refractivity contribution in [3.8, 4) is 0 Å². The van der Waals surface area contributed by atoms with Crippen molar-refractivity contribution in [2.45, 2.75) is 37.3 Å². The highest BCUT2D eigenvalue weighted by Gasteiger charge is 2.44. The fraction of sp³-hybridized carbons (Fsp3) is 0.538. The van der Waals surface area contributed by atoms with Gasteiger partial charge in [-0.2, -0.15) is 0 Å². The van der Waals surface area contributed by atoms with Gasteiger partial charge in [0.15, 0.2) is 0 Å². The van der Waals surface area contributed by atoms with Gasteiger partial charge >= 0.3 is 0 Å². The normalized spacial score (nSPS) is 34.3. The lowest BCUT2D eigenvalue weighted by Gasteiger charge is -2.31. The Morgan fingerprint density at radius 2 is 2.20 bits per heavy atom. The zero-order valence-electron chi connectivity index (χ0n) is 8.87. The van der Waals surface area contributed by atoms with Crippen LogP contribution in [0.2, 0.25) is 0 Å². The molecule has 0 aromatic heterocycles.